The van der Waals surface area contributed by atoms with Gasteiger partial charge in [-0.25, -0.2) is 0 Å². The van der Waals surface area contributed by atoms with Gasteiger partial charge in [0.2, 0.25) is 5.89 Å². The third-order valence-electron chi connectivity index (χ3n) is 4.55. The quantitative estimate of drug-likeness (QED) is 0.377. The number of hydrogen-bond donors (Lipinski definition) is 1. The molecule has 11 heteroatoms. The molecular formula is C18H24F3IN6O. The Morgan fingerprint density at radius 2 is 1.83 bits per heavy atom. The minimum Gasteiger partial charge on any atom is -0.349 e. The molecule has 29 heavy (non-hydrogen) atoms. The molecule has 0 atom stereocenters. The highest BCUT2D eigenvalue weighted by molar-refractivity contribution is 14.0. The first-order valence-corrected chi connectivity index (χ1v) is 8.98. The number of alkyl halides is 3. The fourth-order valence-corrected chi connectivity index (χ4v) is 3.08. The third kappa shape index (κ3) is 6.56. The number of benzene rings is 1. The zero-order valence-electron chi connectivity index (χ0n) is 16.2. The largest absolute Gasteiger partial charge is 0.416 e. The van der Waals surface area contributed by atoms with Gasteiger partial charge in [0.25, 0.3) is 0 Å². The zero-order valence-corrected chi connectivity index (χ0v) is 18.6. The molecule has 1 saturated heterocycles. The van der Waals surface area contributed by atoms with Crippen LogP contribution in [-0.2, 0) is 19.3 Å². The van der Waals surface area contributed by atoms with Crippen molar-refractivity contribution < 1.29 is 17.7 Å². The van der Waals surface area contributed by atoms with E-state index in [-0.39, 0.29) is 24.0 Å². The molecule has 0 radical (unpaired) electrons. The van der Waals surface area contributed by atoms with Crippen LogP contribution in [0.3, 0.4) is 0 Å². The summed E-state index contributed by atoms with van der Waals surface area (Å²) in [6.07, 6.45) is -4.30. The van der Waals surface area contributed by atoms with Gasteiger partial charge < -0.3 is 14.7 Å². The van der Waals surface area contributed by atoms with Crippen molar-refractivity contribution in [3.63, 3.8) is 0 Å². The number of nitrogens with one attached hydrogen (secondary N) is 1. The zero-order chi connectivity index (χ0) is 20.1. The maximum Gasteiger partial charge on any atom is 0.416 e. The van der Waals surface area contributed by atoms with Crippen molar-refractivity contribution in [1.29, 1.82) is 0 Å². The van der Waals surface area contributed by atoms with Gasteiger partial charge in [0.1, 0.15) is 0 Å². The van der Waals surface area contributed by atoms with E-state index in [4.69, 9.17) is 4.52 Å². The van der Waals surface area contributed by atoms with Crippen molar-refractivity contribution in [3.05, 3.63) is 47.1 Å². The lowest BCUT2D eigenvalue weighted by atomic mass is 10.1. The number of nitrogens with zero attached hydrogens (tertiary/aromatic N) is 5. The Morgan fingerprint density at radius 3 is 2.34 bits per heavy atom. The predicted molar refractivity (Wildman–Crippen MR) is 113 cm³/mol. The summed E-state index contributed by atoms with van der Waals surface area (Å²) in [6, 6.07) is 5.36. The Labute approximate surface area is 184 Å². The van der Waals surface area contributed by atoms with Gasteiger partial charge in [-0.05, 0) is 17.7 Å². The Balaban J connectivity index is 0.00000300. The van der Waals surface area contributed by atoms with Crippen molar-refractivity contribution in [1.82, 2.24) is 25.3 Å². The molecule has 1 aliphatic rings. The number of aryl methyl sites for hydroxylation is 1. The monoisotopic (exact) mass is 524 g/mol. The molecular weight excluding hydrogens is 500 g/mol. The first-order chi connectivity index (χ1) is 13.3. The van der Waals surface area contributed by atoms with E-state index in [1.807, 2.05) is 0 Å². The van der Waals surface area contributed by atoms with E-state index in [2.05, 4.69) is 30.2 Å². The Bertz CT molecular complexity index is 801. The summed E-state index contributed by atoms with van der Waals surface area (Å²) in [5.74, 6) is 1.85. The summed E-state index contributed by atoms with van der Waals surface area (Å²) in [5, 5.41) is 7.07. The van der Waals surface area contributed by atoms with Gasteiger partial charge in [0.15, 0.2) is 11.8 Å². The first-order valence-electron chi connectivity index (χ1n) is 8.98. The molecule has 0 spiro atoms. The minimum atomic E-state index is -4.30. The second-order valence-corrected chi connectivity index (χ2v) is 6.59. The highest BCUT2D eigenvalue weighted by Gasteiger charge is 2.30. The van der Waals surface area contributed by atoms with E-state index in [0.29, 0.717) is 24.8 Å². The van der Waals surface area contributed by atoms with Crippen molar-refractivity contribution in [2.24, 2.45) is 4.99 Å². The molecule has 1 fully saturated rings. The molecule has 2 heterocycles. The van der Waals surface area contributed by atoms with Crippen molar-refractivity contribution >= 4 is 29.9 Å². The summed E-state index contributed by atoms with van der Waals surface area (Å²) in [6.45, 7) is 5.92. The molecule has 0 unspecified atom stereocenters. The molecule has 1 N–H and O–H groups in total. The Morgan fingerprint density at radius 1 is 1.17 bits per heavy atom. The number of guanidine groups is 1. The summed E-state index contributed by atoms with van der Waals surface area (Å²) in [5.41, 5.74) is 0.254. The van der Waals surface area contributed by atoms with Crippen LogP contribution in [0.25, 0.3) is 0 Å². The smallest absolute Gasteiger partial charge is 0.349 e. The molecule has 1 aromatic carbocycles. The Kier molecular flexibility index (Phi) is 8.25. The fourth-order valence-electron chi connectivity index (χ4n) is 3.08. The lowest BCUT2D eigenvalue weighted by Crippen LogP contribution is -2.52. The van der Waals surface area contributed by atoms with Crippen LogP contribution in [-0.4, -0.2) is 59.1 Å². The lowest BCUT2D eigenvalue weighted by molar-refractivity contribution is -0.137. The van der Waals surface area contributed by atoms with E-state index in [1.165, 1.54) is 0 Å². The molecule has 7 nitrogen and oxygen atoms in total. The van der Waals surface area contributed by atoms with E-state index >= 15 is 0 Å². The molecule has 0 saturated carbocycles. The van der Waals surface area contributed by atoms with Crippen molar-refractivity contribution in [2.45, 2.75) is 26.2 Å². The van der Waals surface area contributed by atoms with E-state index in [9.17, 15) is 13.2 Å². The number of aliphatic imine (C=N–C) groups is 1. The van der Waals surface area contributed by atoms with Gasteiger partial charge in [0, 0.05) is 46.7 Å². The highest BCUT2D eigenvalue weighted by atomic mass is 127. The second-order valence-electron chi connectivity index (χ2n) is 6.59. The van der Waals surface area contributed by atoms with E-state index in [0.717, 1.165) is 49.8 Å². The summed E-state index contributed by atoms with van der Waals surface area (Å²) in [4.78, 5) is 12.8. The standard InChI is InChI=1S/C18H23F3N6O.HI/c1-13-24-16(25-28-13)11-23-17(22-2)27-9-7-26(8-10-27)12-14-3-5-15(6-4-14)18(19,20)21;/h3-6H,7-12H2,1-2H3,(H,22,23);1H. The van der Waals surface area contributed by atoms with Crippen LogP contribution in [0, 0.1) is 6.92 Å². The average molecular weight is 524 g/mol. The van der Waals surface area contributed by atoms with Gasteiger partial charge in [-0.15, -0.1) is 24.0 Å². The average Bonchev–Trinajstić information content (AvgIpc) is 3.08. The van der Waals surface area contributed by atoms with E-state index in [1.54, 1.807) is 26.1 Å². The van der Waals surface area contributed by atoms with Gasteiger partial charge in [-0.1, -0.05) is 17.3 Å². The molecule has 1 aliphatic heterocycles. The minimum absolute atomic E-state index is 0. The summed E-state index contributed by atoms with van der Waals surface area (Å²) >= 11 is 0. The molecule has 0 bridgehead atoms. The van der Waals surface area contributed by atoms with Crippen LogP contribution in [0.2, 0.25) is 0 Å². The number of halogens is 4. The van der Waals surface area contributed by atoms with Crippen LogP contribution in [0.1, 0.15) is 22.8 Å². The topological polar surface area (TPSA) is 69.8 Å². The van der Waals surface area contributed by atoms with E-state index < -0.39 is 11.7 Å². The first kappa shape index (κ1) is 23.4. The number of aromatic nitrogens is 2. The van der Waals surface area contributed by atoms with Crippen LogP contribution in [0.5, 0.6) is 0 Å². The highest BCUT2D eigenvalue weighted by Crippen LogP contribution is 2.29. The van der Waals surface area contributed by atoms with Crippen molar-refractivity contribution in [3.8, 4) is 0 Å². The van der Waals surface area contributed by atoms with Crippen LogP contribution < -0.4 is 5.32 Å². The predicted octanol–water partition coefficient (Wildman–Crippen LogP) is 2.91. The van der Waals surface area contributed by atoms with Gasteiger partial charge in [-0.3, -0.25) is 9.89 Å². The Hall–Kier alpha value is -1.89. The summed E-state index contributed by atoms with van der Waals surface area (Å²) < 4.78 is 42.9. The number of hydrogen-bond acceptors (Lipinski definition) is 5. The molecule has 1 aromatic heterocycles. The van der Waals surface area contributed by atoms with Crippen LogP contribution in [0.15, 0.2) is 33.8 Å². The SMILES string of the molecule is CN=C(NCc1noc(C)n1)N1CCN(Cc2ccc(C(F)(F)F)cc2)CC1.I. The number of rotatable bonds is 4. The molecule has 0 aliphatic carbocycles. The maximum absolute atomic E-state index is 12.7. The normalized spacial score (nSPS) is 15.9. The van der Waals surface area contributed by atoms with Gasteiger partial charge >= 0.3 is 6.18 Å². The molecule has 3 rings (SSSR count). The lowest BCUT2D eigenvalue weighted by Gasteiger charge is -2.36. The fraction of sp³-hybridized carbons (Fsp3) is 0.500. The van der Waals surface area contributed by atoms with Gasteiger partial charge in [0.05, 0.1) is 12.1 Å². The van der Waals surface area contributed by atoms with Crippen LogP contribution >= 0.6 is 24.0 Å². The van der Waals surface area contributed by atoms with Gasteiger partial charge in [-0.2, -0.15) is 18.2 Å². The number of piperazine rings is 1. The third-order valence-corrected chi connectivity index (χ3v) is 4.55. The second kappa shape index (κ2) is 10.2. The molecule has 160 valence electrons. The van der Waals surface area contributed by atoms with Crippen LogP contribution in [0.4, 0.5) is 13.2 Å². The molecule has 2 aromatic rings. The summed E-state index contributed by atoms with van der Waals surface area (Å²) in [7, 11) is 1.72. The molecule has 0 amide bonds. The van der Waals surface area contributed by atoms with Crippen molar-refractivity contribution in [2.75, 3.05) is 33.2 Å². The maximum atomic E-state index is 12.7.